The van der Waals surface area contributed by atoms with Crippen LogP contribution in [0, 0.1) is 5.92 Å². The van der Waals surface area contributed by atoms with Crippen LogP contribution >= 0.6 is 0 Å². The van der Waals surface area contributed by atoms with E-state index in [-0.39, 0.29) is 0 Å². The lowest BCUT2D eigenvalue weighted by Crippen LogP contribution is -1.74. The SMILES string of the molecule is FC12CC1C2. The summed E-state index contributed by atoms with van der Waals surface area (Å²) < 4.78 is 11.9. The van der Waals surface area contributed by atoms with E-state index in [1.54, 1.807) is 0 Å². The fourth-order valence-corrected chi connectivity index (χ4v) is 0.642. The van der Waals surface area contributed by atoms with Crippen LogP contribution in [0.4, 0.5) is 4.39 Å². The van der Waals surface area contributed by atoms with Crippen molar-refractivity contribution in [3.05, 3.63) is 0 Å². The largest absolute Gasteiger partial charge is 0.244 e. The molecule has 0 atom stereocenters. The molecule has 0 unspecified atom stereocenters. The van der Waals surface area contributed by atoms with Crippen molar-refractivity contribution in [3.8, 4) is 0 Å². The van der Waals surface area contributed by atoms with Gasteiger partial charge in [0, 0.05) is 0 Å². The smallest absolute Gasteiger partial charge is 0.114 e. The molecule has 0 heterocycles. The van der Waals surface area contributed by atoms with Crippen molar-refractivity contribution in [2.75, 3.05) is 0 Å². The minimum absolute atomic E-state index is 0.530. The number of fused-ring (bicyclic) bond motifs is 1. The summed E-state index contributed by atoms with van der Waals surface area (Å²) in [6, 6.07) is 0. The molecular weight excluding hydrogens is 67.0 g/mol. The molecular formula is C4H5F. The van der Waals surface area contributed by atoms with Crippen LogP contribution in [0.2, 0.25) is 0 Å². The molecule has 0 N–H and O–H groups in total. The highest BCUT2D eigenvalue weighted by Crippen LogP contribution is 2.69. The van der Waals surface area contributed by atoms with E-state index in [0.29, 0.717) is 5.92 Å². The average Bonchev–Trinajstić information content (AvgIpc) is 1.74. The predicted octanol–water partition coefficient (Wildman–Crippen LogP) is 1.12. The van der Waals surface area contributed by atoms with Gasteiger partial charge in [0.05, 0.1) is 0 Å². The van der Waals surface area contributed by atoms with Crippen molar-refractivity contribution < 1.29 is 4.39 Å². The second kappa shape index (κ2) is 0.282. The molecule has 0 aromatic heterocycles. The van der Waals surface area contributed by atoms with E-state index in [4.69, 9.17) is 0 Å². The Morgan fingerprint density at radius 2 is 1.80 bits per heavy atom. The van der Waals surface area contributed by atoms with Crippen molar-refractivity contribution in [1.82, 2.24) is 0 Å². The molecule has 2 aliphatic rings. The fraction of sp³-hybridized carbons (Fsp3) is 1.00. The zero-order chi connectivity index (χ0) is 3.49. The van der Waals surface area contributed by atoms with Crippen molar-refractivity contribution >= 4 is 0 Å². The second-order valence-electron chi connectivity index (χ2n) is 2.14. The Kier molecular flexibility index (Phi) is 0.122. The fourth-order valence-electron chi connectivity index (χ4n) is 0.642. The summed E-state index contributed by atoms with van der Waals surface area (Å²) in [5, 5.41) is 0. The Morgan fingerprint density at radius 1 is 1.60 bits per heavy atom. The molecule has 0 saturated heterocycles. The minimum atomic E-state index is -0.583. The number of alkyl halides is 1. The van der Waals surface area contributed by atoms with Gasteiger partial charge in [-0.2, -0.15) is 0 Å². The Labute approximate surface area is 30.0 Å². The van der Waals surface area contributed by atoms with Gasteiger partial charge in [0.1, 0.15) is 5.67 Å². The summed E-state index contributed by atoms with van der Waals surface area (Å²) in [6.07, 6.45) is 1.76. The van der Waals surface area contributed by atoms with Gasteiger partial charge in [0.25, 0.3) is 0 Å². The lowest BCUT2D eigenvalue weighted by atomic mass is 10.4. The maximum absolute atomic E-state index is 11.9. The van der Waals surface area contributed by atoms with Crippen LogP contribution < -0.4 is 0 Å². The second-order valence-corrected chi connectivity index (χ2v) is 2.14. The zero-order valence-electron chi connectivity index (χ0n) is 2.87. The van der Waals surface area contributed by atoms with E-state index in [1.165, 1.54) is 0 Å². The summed E-state index contributed by atoms with van der Waals surface area (Å²) in [5.41, 5.74) is -0.583. The number of rotatable bonds is 0. The molecule has 0 aliphatic heterocycles. The third-order valence-corrected chi connectivity index (χ3v) is 1.58. The molecule has 0 aromatic rings. The van der Waals surface area contributed by atoms with E-state index in [0.717, 1.165) is 12.8 Å². The maximum Gasteiger partial charge on any atom is 0.114 e. The van der Waals surface area contributed by atoms with Gasteiger partial charge in [-0.3, -0.25) is 0 Å². The van der Waals surface area contributed by atoms with Crippen LogP contribution in [-0.4, -0.2) is 5.67 Å². The monoisotopic (exact) mass is 72.0 g/mol. The first-order valence-electron chi connectivity index (χ1n) is 2.00. The summed E-state index contributed by atoms with van der Waals surface area (Å²) in [6.45, 7) is 0. The Morgan fingerprint density at radius 3 is 1.80 bits per heavy atom. The molecule has 2 rings (SSSR count). The summed E-state index contributed by atoms with van der Waals surface area (Å²) >= 11 is 0. The Hall–Kier alpha value is -0.0700. The molecule has 0 bridgehead atoms. The van der Waals surface area contributed by atoms with Gasteiger partial charge >= 0.3 is 0 Å². The average molecular weight is 72.1 g/mol. The van der Waals surface area contributed by atoms with Crippen molar-refractivity contribution in [2.24, 2.45) is 5.92 Å². The first-order valence-corrected chi connectivity index (χ1v) is 2.00. The lowest BCUT2D eigenvalue weighted by molar-refractivity contribution is 0.391. The predicted molar refractivity (Wildman–Crippen MR) is 16.6 cm³/mol. The topological polar surface area (TPSA) is 0 Å². The Balaban J connectivity index is 2.37. The van der Waals surface area contributed by atoms with Crippen LogP contribution in [0.25, 0.3) is 0 Å². The van der Waals surface area contributed by atoms with E-state index in [1.807, 2.05) is 0 Å². The van der Waals surface area contributed by atoms with Gasteiger partial charge in [-0.15, -0.1) is 0 Å². The van der Waals surface area contributed by atoms with E-state index < -0.39 is 5.67 Å². The summed E-state index contributed by atoms with van der Waals surface area (Å²) in [5.74, 6) is 0.530. The van der Waals surface area contributed by atoms with Crippen LogP contribution in [0.5, 0.6) is 0 Å². The third-order valence-electron chi connectivity index (χ3n) is 1.58. The van der Waals surface area contributed by atoms with Gasteiger partial charge < -0.3 is 0 Å². The highest BCUT2D eigenvalue weighted by molar-refractivity contribution is 5.21. The molecule has 5 heavy (non-hydrogen) atoms. The molecule has 0 nitrogen and oxygen atoms in total. The van der Waals surface area contributed by atoms with E-state index in [2.05, 4.69) is 0 Å². The first kappa shape index (κ1) is 2.17. The van der Waals surface area contributed by atoms with Gasteiger partial charge in [0.2, 0.25) is 0 Å². The molecule has 0 radical (unpaired) electrons. The van der Waals surface area contributed by atoms with Crippen molar-refractivity contribution in [1.29, 1.82) is 0 Å². The van der Waals surface area contributed by atoms with E-state index >= 15 is 0 Å². The summed E-state index contributed by atoms with van der Waals surface area (Å²) in [4.78, 5) is 0. The molecule has 2 saturated carbocycles. The van der Waals surface area contributed by atoms with Crippen molar-refractivity contribution in [2.45, 2.75) is 18.5 Å². The van der Waals surface area contributed by atoms with Crippen LogP contribution in [-0.2, 0) is 0 Å². The minimum Gasteiger partial charge on any atom is -0.244 e. The zero-order valence-corrected chi connectivity index (χ0v) is 2.87. The number of hydrogen-bond acceptors (Lipinski definition) is 0. The number of halogens is 1. The molecule has 2 aliphatic carbocycles. The van der Waals surface area contributed by atoms with E-state index in [9.17, 15) is 4.39 Å². The lowest BCUT2D eigenvalue weighted by Gasteiger charge is -1.74. The first-order chi connectivity index (χ1) is 2.31. The molecule has 2 fully saturated rings. The molecule has 0 aromatic carbocycles. The summed E-state index contributed by atoms with van der Waals surface area (Å²) in [7, 11) is 0. The maximum atomic E-state index is 11.9. The van der Waals surface area contributed by atoms with Crippen molar-refractivity contribution in [3.63, 3.8) is 0 Å². The highest BCUT2D eigenvalue weighted by atomic mass is 19.1. The van der Waals surface area contributed by atoms with Crippen LogP contribution in [0.1, 0.15) is 12.8 Å². The molecule has 0 spiro atoms. The van der Waals surface area contributed by atoms with Crippen LogP contribution in [0.15, 0.2) is 0 Å². The number of hydrogen-bond donors (Lipinski definition) is 0. The molecule has 0 amide bonds. The van der Waals surface area contributed by atoms with Gasteiger partial charge in [0.15, 0.2) is 0 Å². The quantitative estimate of drug-likeness (QED) is 0.402. The van der Waals surface area contributed by atoms with Gasteiger partial charge in [-0.05, 0) is 18.8 Å². The molecule has 1 heteroatoms. The van der Waals surface area contributed by atoms with Gasteiger partial charge in [-0.25, -0.2) is 4.39 Å². The standard InChI is InChI=1S/C4H5F/c5-4-1-3(4)2-4/h3H,1-2H2. The van der Waals surface area contributed by atoms with Gasteiger partial charge in [-0.1, -0.05) is 0 Å². The highest BCUT2D eigenvalue weighted by Gasteiger charge is 2.71. The normalized spacial score (nSPS) is 70.2. The third kappa shape index (κ3) is 0.103. The van der Waals surface area contributed by atoms with Crippen LogP contribution in [0.3, 0.4) is 0 Å². The Bertz CT molecular complexity index is 71.7. The molecule has 28 valence electrons.